The van der Waals surface area contributed by atoms with E-state index in [4.69, 9.17) is 4.74 Å². The summed E-state index contributed by atoms with van der Waals surface area (Å²) in [6, 6.07) is 6.52. The van der Waals surface area contributed by atoms with Crippen LogP contribution in [0, 0.1) is 13.8 Å². The van der Waals surface area contributed by atoms with Crippen LogP contribution in [0.2, 0.25) is 0 Å². The highest BCUT2D eigenvalue weighted by atomic mass is 32.2. The molecule has 0 atom stereocenters. The molecule has 1 heterocycles. The summed E-state index contributed by atoms with van der Waals surface area (Å²) in [5.41, 5.74) is 2.75. The van der Waals surface area contributed by atoms with E-state index in [1.807, 2.05) is 34.7 Å². The van der Waals surface area contributed by atoms with Crippen LogP contribution in [-0.2, 0) is 23.6 Å². The van der Waals surface area contributed by atoms with Crippen molar-refractivity contribution in [3.05, 3.63) is 41.2 Å². The van der Waals surface area contributed by atoms with Crippen molar-refractivity contribution in [1.82, 2.24) is 14.1 Å². The fourth-order valence-electron chi connectivity index (χ4n) is 2.50. The molecular weight excluding hydrogens is 326 g/mol. The molecule has 0 aliphatic carbocycles. The average molecular weight is 351 g/mol. The molecule has 7 heteroatoms. The molecule has 2 aromatic rings. The van der Waals surface area contributed by atoms with Crippen LogP contribution in [0.25, 0.3) is 0 Å². The Hall–Kier alpha value is -1.86. The van der Waals surface area contributed by atoms with E-state index in [1.54, 1.807) is 36.0 Å². The summed E-state index contributed by atoms with van der Waals surface area (Å²) in [5.74, 6) is 0.658. The normalized spacial score (nSPS) is 12.2. The molecule has 2 rings (SSSR count). The van der Waals surface area contributed by atoms with Gasteiger partial charge in [0, 0.05) is 31.9 Å². The maximum atomic E-state index is 12.8. The zero-order chi connectivity index (χ0) is 18.1. The van der Waals surface area contributed by atoms with Crippen molar-refractivity contribution in [2.45, 2.75) is 45.2 Å². The molecule has 0 amide bonds. The molecule has 0 radical (unpaired) electrons. The second-order valence-electron chi connectivity index (χ2n) is 6.17. The first kappa shape index (κ1) is 18.5. The lowest BCUT2D eigenvalue weighted by Gasteiger charge is -2.18. The standard InChI is InChI=1S/C17H25N3O3S/c1-12(2)23-15-7-9-16(10-8-15)24(21,22)19(5)11-17-13(3)18-20(6)14(17)4/h7-10,12H,11H2,1-6H3. The summed E-state index contributed by atoms with van der Waals surface area (Å²) >= 11 is 0. The molecule has 0 saturated carbocycles. The van der Waals surface area contributed by atoms with Crippen molar-refractivity contribution in [1.29, 1.82) is 0 Å². The van der Waals surface area contributed by atoms with Gasteiger partial charge in [0.15, 0.2) is 0 Å². The van der Waals surface area contributed by atoms with Gasteiger partial charge in [-0.1, -0.05) is 0 Å². The predicted octanol–water partition coefficient (Wildman–Crippen LogP) is 2.64. The van der Waals surface area contributed by atoms with Gasteiger partial charge in [-0.25, -0.2) is 8.42 Å². The number of sulfonamides is 1. The number of benzene rings is 1. The van der Waals surface area contributed by atoms with Crippen LogP contribution in [0.4, 0.5) is 0 Å². The van der Waals surface area contributed by atoms with E-state index in [2.05, 4.69) is 5.10 Å². The predicted molar refractivity (Wildman–Crippen MR) is 93.5 cm³/mol. The van der Waals surface area contributed by atoms with Gasteiger partial charge in [-0.2, -0.15) is 9.40 Å². The quantitative estimate of drug-likeness (QED) is 0.802. The number of hydrogen-bond donors (Lipinski definition) is 0. The SMILES string of the molecule is Cc1nn(C)c(C)c1CN(C)S(=O)(=O)c1ccc(OC(C)C)cc1. The number of aromatic nitrogens is 2. The zero-order valence-electron chi connectivity index (χ0n) is 15.1. The van der Waals surface area contributed by atoms with Crippen molar-refractivity contribution in [3.8, 4) is 5.75 Å². The second-order valence-corrected chi connectivity index (χ2v) is 8.22. The van der Waals surface area contributed by atoms with Crippen LogP contribution < -0.4 is 4.74 Å². The van der Waals surface area contributed by atoms with Gasteiger partial charge in [-0.05, 0) is 52.0 Å². The van der Waals surface area contributed by atoms with Crippen LogP contribution in [0.1, 0.15) is 30.8 Å². The van der Waals surface area contributed by atoms with Crippen LogP contribution in [-0.4, -0.2) is 35.7 Å². The minimum Gasteiger partial charge on any atom is -0.491 e. The summed E-state index contributed by atoms with van der Waals surface area (Å²) in [6.45, 7) is 7.97. The number of rotatable bonds is 6. The van der Waals surface area contributed by atoms with Crippen molar-refractivity contribution >= 4 is 10.0 Å². The smallest absolute Gasteiger partial charge is 0.243 e. The summed E-state index contributed by atoms with van der Waals surface area (Å²) in [5, 5.41) is 4.34. The minimum atomic E-state index is -3.57. The molecule has 0 aliphatic rings. The lowest BCUT2D eigenvalue weighted by atomic mass is 10.2. The highest BCUT2D eigenvalue weighted by Gasteiger charge is 2.23. The van der Waals surface area contributed by atoms with Crippen LogP contribution in [0.5, 0.6) is 5.75 Å². The van der Waals surface area contributed by atoms with Gasteiger partial charge in [0.1, 0.15) is 5.75 Å². The van der Waals surface area contributed by atoms with Crippen molar-refractivity contribution in [2.24, 2.45) is 7.05 Å². The Morgan fingerprint density at radius 2 is 1.79 bits per heavy atom. The Kier molecular flexibility index (Phi) is 5.35. The topological polar surface area (TPSA) is 64.4 Å². The Labute approximate surface area is 144 Å². The molecule has 0 saturated heterocycles. The summed E-state index contributed by atoms with van der Waals surface area (Å²) < 4.78 is 34.2. The molecule has 6 nitrogen and oxygen atoms in total. The average Bonchev–Trinajstić information content (AvgIpc) is 2.73. The summed E-state index contributed by atoms with van der Waals surface area (Å²) in [4.78, 5) is 0.250. The van der Waals surface area contributed by atoms with Crippen molar-refractivity contribution in [3.63, 3.8) is 0 Å². The summed E-state index contributed by atoms with van der Waals surface area (Å²) in [7, 11) is -0.128. The molecule has 1 aromatic heterocycles. The van der Waals surface area contributed by atoms with E-state index in [9.17, 15) is 8.42 Å². The summed E-state index contributed by atoms with van der Waals surface area (Å²) in [6.07, 6.45) is 0.0478. The highest BCUT2D eigenvalue weighted by molar-refractivity contribution is 7.89. The third kappa shape index (κ3) is 3.79. The molecule has 0 fully saturated rings. The van der Waals surface area contributed by atoms with E-state index in [0.29, 0.717) is 5.75 Å². The van der Waals surface area contributed by atoms with Gasteiger partial charge in [-0.15, -0.1) is 0 Å². The Morgan fingerprint density at radius 1 is 1.21 bits per heavy atom. The largest absolute Gasteiger partial charge is 0.491 e. The van der Waals surface area contributed by atoms with Crippen molar-refractivity contribution in [2.75, 3.05) is 7.05 Å². The fourth-order valence-corrected chi connectivity index (χ4v) is 3.64. The van der Waals surface area contributed by atoms with Gasteiger partial charge < -0.3 is 4.74 Å². The van der Waals surface area contributed by atoms with Crippen LogP contribution in [0.15, 0.2) is 29.2 Å². The van der Waals surface area contributed by atoms with E-state index in [1.165, 1.54) is 4.31 Å². The lowest BCUT2D eigenvalue weighted by molar-refractivity contribution is 0.242. The number of aryl methyl sites for hydroxylation is 2. The molecule has 0 spiro atoms. The monoisotopic (exact) mass is 351 g/mol. The second kappa shape index (κ2) is 6.94. The third-order valence-electron chi connectivity index (χ3n) is 3.94. The number of hydrogen-bond acceptors (Lipinski definition) is 4. The Morgan fingerprint density at radius 3 is 2.25 bits per heavy atom. The van der Waals surface area contributed by atoms with Crippen molar-refractivity contribution < 1.29 is 13.2 Å². The maximum Gasteiger partial charge on any atom is 0.243 e. The molecule has 132 valence electrons. The molecule has 0 aliphatic heterocycles. The molecule has 0 bridgehead atoms. The third-order valence-corrected chi connectivity index (χ3v) is 5.76. The Balaban J connectivity index is 2.22. The van der Waals surface area contributed by atoms with E-state index in [0.717, 1.165) is 17.0 Å². The molecule has 0 unspecified atom stereocenters. The Bertz CT molecular complexity index is 808. The van der Waals surface area contributed by atoms with Gasteiger partial charge in [0.2, 0.25) is 10.0 Å². The van der Waals surface area contributed by atoms with Gasteiger partial charge in [0.05, 0.1) is 16.7 Å². The molecule has 1 aromatic carbocycles. The van der Waals surface area contributed by atoms with Gasteiger partial charge in [-0.3, -0.25) is 4.68 Å². The highest BCUT2D eigenvalue weighted by Crippen LogP contribution is 2.22. The zero-order valence-corrected chi connectivity index (χ0v) is 15.9. The first-order valence-corrected chi connectivity index (χ1v) is 9.29. The lowest BCUT2D eigenvalue weighted by Crippen LogP contribution is -2.27. The fraction of sp³-hybridized carbons (Fsp3) is 0.471. The van der Waals surface area contributed by atoms with E-state index < -0.39 is 10.0 Å². The van der Waals surface area contributed by atoms with E-state index >= 15 is 0 Å². The minimum absolute atomic E-state index is 0.0478. The van der Waals surface area contributed by atoms with E-state index in [-0.39, 0.29) is 17.5 Å². The number of nitrogens with zero attached hydrogens (tertiary/aromatic N) is 3. The number of ether oxygens (including phenoxy) is 1. The molecule has 0 N–H and O–H groups in total. The maximum absolute atomic E-state index is 12.8. The first-order valence-electron chi connectivity index (χ1n) is 7.85. The van der Waals surface area contributed by atoms with Crippen LogP contribution >= 0.6 is 0 Å². The van der Waals surface area contributed by atoms with Gasteiger partial charge >= 0.3 is 0 Å². The molecule has 24 heavy (non-hydrogen) atoms. The molecular formula is C17H25N3O3S. The first-order chi connectivity index (χ1) is 11.1. The van der Waals surface area contributed by atoms with Gasteiger partial charge in [0.25, 0.3) is 0 Å². The van der Waals surface area contributed by atoms with Crippen LogP contribution in [0.3, 0.4) is 0 Å².